The van der Waals surface area contributed by atoms with Gasteiger partial charge in [-0.1, -0.05) is 6.07 Å². The van der Waals surface area contributed by atoms with Crippen LogP contribution in [-0.4, -0.2) is 22.0 Å². The van der Waals surface area contributed by atoms with Crippen LogP contribution in [0.5, 0.6) is 0 Å². The molecule has 0 fully saturated rings. The Kier molecular flexibility index (Phi) is 3.78. The van der Waals surface area contributed by atoms with Crippen LogP contribution in [0.15, 0.2) is 18.3 Å². The highest BCUT2D eigenvalue weighted by molar-refractivity contribution is 5.99. The summed E-state index contributed by atoms with van der Waals surface area (Å²) in [5, 5.41) is 8.43. The van der Waals surface area contributed by atoms with Crippen molar-refractivity contribution >= 4 is 17.6 Å². The maximum absolute atomic E-state index is 11.1. The molecule has 0 saturated heterocycles. The SMILES string of the molecule is NC(=O)C(Cc1ccc(N)nc1)C(=O)NO. The van der Waals surface area contributed by atoms with Crippen LogP contribution < -0.4 is 16.9 Å². The summed E-state index contributed by atoms with van der Waals surface area (Å²) in [5.41, 5.74) is 12.4. The Morgan fingerprint density at radius 1 is 1.50 bits per heavy atom. The summed E-state index contributed by atoms with van der Waals surface area (Å²) in [5.74, 6) is -2.45. The van der Waals surface area contributed by atoms with Crippen LogP contribution in [-0.2, 0) is 16.0 Å². The van der Waals surface area contributed by atoms with E-state index in [2.05, 4.69) is 4.98 Å². The lowest BCUT2D eigenvalue weighted by molar-refractivity contribution is -0.139. The summed E-state index contributed by atoms with van der Waals surface area (Å²) < 4.78 is 0. The van der Waals surface area contributed by atoms with Gasteiger partial charge in [-0.25, -0.2) is 10.5 Å². The Morgan fingerprint density at radius 2 is 2.19 bits per heavy atom. The second-order valence-corrected chi connectivity index (χ2v) is 3.23. The van der Waals surface area contributed by atoms with Crippen LogP contribution in [0.3, 0.4) is 0 Å². The number of nitrogens with one attached hydrogen (secondary N) is 1. The van der Waals surface area contributed by atoms with Crippen molar-refractivity contribution in [2.45, 2.75) is 6.42 Å². The molecule has 16 heavy (non-hydrogen) atoms. The molecule has 1 heterocycles. The Bertz CT molecular complexity index is 390. The second kappa shape index (κ2) is 5.08. The zero-order valence-corrected chi connectivity index (χ0v) is 8.38. The first-order valence-corrected chi connectivity index (χ1v) is 4.48. The number of pyridine rings is 1. The Hall–Kier alpha value is -2.15. The minimum atomic E-state index is -1.13. The van der Waals surface area contributed by atoms with Gasteiger partial charge in [0.05, 0.1) is 0 Å². The maximum Gasteiger partial charge on any atom is 0.256 e. The number of anilines is 1. The van der Waals surface area contributed by atoms with Gasteiger partial charge in [0.15, 0.2) is 0 Å². The summed E-state index contributed by atoms with van der Waals surface area (Å²) in [6.07, 6.45) is 1.50. The predicted octanol–water partition coefficient (Wildman–Crippen LogP) is -1.19. The van der Waals surface area contributed by atoms with Crippen molar-refractivity contribution < 1.29 is 14.8 Å². The quantitative estimate of drug-likeness (QED) is 0.290. The zero-order chi connectivity index (χ0) is 12.1. The van der Waals surface area contributed by atoms with Gasteiger partial charge in [0.25, 0.3) is 5.91 Å². The molecule has 0 aliphatic heterocycles. The molecule has 1 unspecified atom stereocenters. The fourth-order valence-electron chi connectivity index (χ4n) is 1.19. The average Bonchev–Trinajstić information content (AvgIpc) is 2.27. The van der Waals surface area contributed by atoms with Crippen molar-refractivity contribution in [3.63, 3.8) is 0 Å². The third-order valence-electron chi connectivity index (χ3n) is 2.06. The standard InChI is InChI=1S/C9H12N4O3/c10-7-2-1-5(4-12-7)3-6(8(11)14)9(15)13-16/h1-2,4,6,16H,3H2,(H2,10,12)(H2,11,14)(H,13,15). The molecule has 6 N–H and O–H groups in total. The van der Waals surface area contributed by atoms with Gasteiger partial charge in [-0.05, 0) is 18.1 Å². The number of primary amides is 1. The number of nitrogens with zero attached hydrogens (tertiary/aromatic N) is 1. The molecular weight excluding hydrogens is 212 g/mol. The second-order valence-electron chi connectivity index (χ2n) is 3.23. The number of nitrogen functional groups attached to an aromatic ring is 1. The smallest absolute Gasteiger partial charge is 0.256 e. The number of hydrogen-bond donors (Lipinski definition) is 4. The van der Waals surface area contributed by atoms with Crippen LogP contribution in [0.25, 0.3) is 0 Å². The summed E-state index contributed by atoms with van der Waals surface area (Å²) in [7, 11) is 0. The molecule has 0 spiro atoms. The number of carbonyl (C=O) groups is 2. The molecule has 0 bridgehead atoms. The van der Waals surface area contributed by atoms with E-state index in [0.29, 0.717) is 11.4 Å². The number of amides is 2. The van der Waals surface area contributed by atoms with Crippen molar-refractivity contribution in [1.82, 2.24) is 10.5 Å². The van der Waals surface area contributed by atoms with Crippen LogP contribution in [0.2, 0.25) is 0 Å². The number of carbonyl (C=O) groups excluding carboxylic acids is 2. The molecule has 0 radical (unpaired) electrons. The van der Waals surface area contributed by atoms with Crippen molar-refractivity contribution in [3.8, 4) is 0 Å². The topological polar surface area (TPSA) is 131 Å². The number of rotatable bonds is 4. The van der Waals surface area contributed by atoms with Gasteiger partial charge in [-0.15, -0.1) is 0 Å². The highest BCUT2D eigenvalue weighted by atomic mass is 16.5. The predicted molar refractivity (Wildman–Crippen MR) is 55.0 cm³/mol. The summed E-state index contributed by atoms with van der Waals surface area (Å²) in [4.78, 5) is 25.9. The first-order chi connectivity index (χ1) is 7.54. The largest absolute Gasteiger partial charge is 0.384 e. The number of hydroxylamine groups is 1. The Balaban J connectivity index is 2.80. The van der Waals surface area contributed by atoms with E-state index in [1.807, 2.05) is 0 Å². The molecule has 2 amide bonds. The monoisotopic (exact) mass is 224 g/mol. The fourth-order valence-corrected chi connectivity index (χ4v) is 1.19. The van der Waals surface area contributed by atoms with Gasteiger partial charge in [0, 0.05) is 6.20 Å². The molecule has 0 saturated carbocycles. The third kappa shape index (κ3) is 2.92. The van der Waals surface area contributed by atoms with Crippen LogP contribution in [0.4, 0.5) is 5.82 Å². The van der Waals surface area contributed by atoms with Crippen LogP contribution >= 0.6 is 0 Å². The van der Waals surface area contributed by atoms with E-state index in [9.17, 15) is 9.59 Å². The molecule has 1 aromatic heterocycles. The Morgan fingerprint density at radius 3 is 2.62 bits per heavy atom. The van der Waals surface area contributed by atoms with Crippen molar-refractivity contribution in [2.75, 3.05) is 5.73 Å². The third-order valence-corrected chi connectivity index (χ3v) is 2.06. The highest BCUT2D eigenvalue weighted by Crippen LogP contribution is 2.09. The lowest BCUT2D eigenvalue weighted by atomic mass is 9.99. The number of nitrogens with two attached hydrogens (primary N) is 2. The summed E-state index contributed by atoms with van der Waals surface area (Å²) in [6, 6.07) is 3.17. The first-order valence-electron chi connectivity index (χ1n) is 4.48. The normalized spacial score (nSPS) is 11.8. The minimum Gasteiger partial charge on any atom is -0.384 e. The fraction of sp³-hybridized carbons (Fsp3) is 0.222. The average molecular weight is 224 g/mol. The molecule has 1 aromatic rings. The molecular formula is C9H12N4O3. The van der Waals surface area contributed by atoms with Gasteiger partial charge in [-0.3, -0.25) is 14.8 Å². The van der Waals surface area contributed by atoms with Crippen molar-refractivity contribution in [1.29, 1.82) is 0 Å². The van der Waals surface area contributed by atoms with E-state index < -0.39 is 17.7 Å². The molecule has 7 heteroatoms. The van der Waals surface area contributed by atoms with Gasteiger partial charge in [0.1, 0.15) is 11.7 Å². The summed E-state index contributed by atoms with van der Waals surface area (Å²) >= 11 is 0. The first kappa shape index (κ1) is 11.9. The lowest BCUT2D eigenvalue weighted by Gasteiger charge is -2.10. The van der Waals surface area contributed by atoms with E-state index >= 15 is 0 Å². The Labute approximate surface area is 91.4 Å². The molecule has 0 aliphatic carbocycles. The molecule has 0 aliphatic rings. The van der Waals surface area contributed by atoms with Crippen molar-refractivity contribution in [2.24, 2.45) is 11.7 Å². The van der Waals surface area contributed by atoms with E-state index in [1.165, 1.54) is 11.7 Å². The van der Waals surface area contributed by atoms with Gasteiger partial charge in [-0.2, -0.15) is 0 Å². The van der Waals surface area contributed by atoms with Gasteiger partial charge < -0.3 is 11.5 Å². The van der Waals surface area contributed by atoms with Crippen LogP contribution in [0, 0.1) is 5.92 Å². The van der Waals surface area contributed by atoms with E-state index in [0.717, 1.165) is 0 Å². The highest BCUT2D eigenvalue weighted by Gasteiger charge is 2.24. The molecule has 86 valence electrons. The lowest BCUT2D eigenvalue weighted by Crippen LogP contribution is -2.38. The molecule has 1 rings (SSSR count). The van der Waals surface area contributed by atoms with Crippen molar-refractivity contribution in [3.05, 3.63) is 23.9 Å². The maximum atomic E-state index is 11.1. The molecule has 7 nitrogen and oxygen atoms in total. The minimum absolute atomic E-state index is 0.0645. The number of hydrogen-bond acceptors (Lipinski definition) is 5. The molecule has 1 atom stereocenters. The van der Waals surface area contributed by atoms with Gasteiger partial charge >= 0.3 is 0 Å². The van der Waals surface area contributed by atoms with E-state index in [4.69, 9.17) is 16.7 Å². The summed E-state index contributed by atoms with van der Waals surface area (Å²) in [6.45, 7) is 0. The van der Waals surface area contributed by atoms with E-state index in [-0.39, 0.29) is 6.42 Å². The zero-order valence-electron chi connectivity index (χ0n) is 8.38. The van der Waals surface area contributed by atoms with Crippen LogP contribution in [0.1, 0.15) is 5.56 Å². The van der Waals surface area contributed by atoms with E-state index in [1.54, 1.807) is 12.1 Å². The van der Waals surface area contributed by atoms with Gasteiger partial charge in [0.2, 0.25) is 5.91 Å². The molecule has 0 aromatic carbocycles. The number of aromatic nitrogens is 1.